The van der Waals surface area contributed by atoms with E-state index >= 15 is 0 Å². The molecule has 38 heavy (non-hydrogen) atoms. The molecule has 0 saturated heterocycles. The van der Waals surface area contributed by atoms with Crippen molar-refractivity contribution in [2.45, 2.75) is 0 Å². The fourth-order valence-corrected chi connectivity index (χ4v) is 10.6. The summed E-state index contributed by atoms with van der Waals surface area (Å²) in [7, 11) is 9.27. The summed E-state index contributed by atoms with van der Waals surface area (Å²) in [5, 5.41) is 3.01. The third kappa shape index (κ3) is 5.13. The van der Waals surface area contributed by atoms with Crippen molar-refractivity contribution < 1.29 is 28.4 Å². The van der Waals surface area contributed by atoms with Crippen molar-refractivity contribution in [2.75, 3.05) is 42.7 Å². The molecule has 0 aromatic heterocycles. The average molecular weight is 648 g/mol. The van der Waals surface area contributed by atoms with Gasteiger partial charge in [0.15, 0.2) is 0 Å². The molecule has 0 N–H and O–H groups in total. The quantitative estimate of drug-likeness (QED) is 0.255. The molecule has 0 radical (unpaired) electrons. The van der Waals surface area contributed by atoms with E-state index in [0.717, 1.165) is 21.5 Å². The monoisotopic (exact) mass is 650 g/mol. The molecule has 0 spiro atoms. The number of ether oxygens (including phenoxy) is 6. The Morgan fingerprint density at radius 3 is 1.16 bits per heavy atom. The van der Waals surface area contributed by atoms with Crippen LogP contribution in [0.4, 0.5) is 0 Å². The molecule has 0 amide bonds. The fourth-order valence-electron chi connectivity index (χ4n) is 4.09. The van der Waals surface area contributed by atoms with E-state index < -0.39 is 0 Å². The Bertz CT molecular complexity index is 1520. The van der Waals surface area contributed by atoms with Crippen LogP contribution in [0.3, 0.4) is 0 Å². The van der Waals surface area contributed by atoms with Crippen LogP contribution in [-0.2, 0) is 0 Å². The summed E-state index contributed by atoms with van der Waals surface area (Å²) in [6.45, 7) is 0. The zero-order valence-corrected chi connectivity index (χ0v) is 25.1. The van der Waals surface area contributed by atoms with Crippen molar-refractivity contribution in [1.29, 1.82) is 0 Å². The van der Waals surface area contributed by atoms with E-state index in [0.29, 0.717) is 43.4 Å². The van der Waals surface area contributed by atoms with E-state index in [4.69, 9.17) is 28.4 Å². The molecular formula is C28H26O8Se2. The summed E-state index contributed by atoms with van der Waals surface area (Å²) in [6.07, 6.45) is 0. The van der Waals surface area contributed by atoms with Gasteiger partial charge in [0.25, 0.3) is 0 Å². The zero-order chi connectivity index (χ0) is 27.4. The first-order chi connectivity index (χ1) is 18.4. The van der Waals surface area contributed by atoms with E-state index in [1.807, 2.05) is 24.3 Å². The van der Waals surface area contributed by atoms with Gasteiger partial charge in [-0.2, -0.15) is 0 Å². The summed E-state index contributed by atoms with van der Waals surface area (Å²) in [4.78, 5) is 26.1. The molecule has 0 aliphatic heterocycles. The van der Waals surface area contributed by atoms with Gasteiger partial charge in [0, 0.05) is 0 Å². The Kier molecular flexibility index (Phi) is 8.69. The maximum atomic E-state index is 13.1. The summed E-state index contributed by atoms with van der Waals surface area (Å²) in [5.41, 5.74) is -0.214. The van der Waals surface area contributed by atoms with E-state index in [1.165, 1.54) is 14.2 Å². The van der Waals surface area contributed by atoms with E-state index in [1.54, 1.807) is 52.7 Å². The second-order valence-corrected chi connectivity index (χ2v) is 14.1. The van der Waals surface area contributed by atoms with Crippen LogP contribution in [0.15, 0.2) is 58.1 Å². The molecular weight excluding hydrogens is 622 g/mol. The first-order valence-corrected chi connectivity index (χ1v) is 17.3. The van der Waals surface area contributed by atoms with Gasteiger partial charge in [-0.05, 0) is 0 Å². The van der Waals surface area contributed by atoms with Crippen LogP contribution >= 0.6 is 0 Å². The SMILES string of the molecule is COc1cc2ccc(=O)c([Se][Se]c3cc4c(OC)c(OC)c(OC)cc4ccc3=O)cc2c(OC)c1OC. The molecule has 0 saturated carbocycles. The van der Waals surface area contributed by atoms with Crippen molar-refractivity contribution in [2.24, 2.45) is 0 Å². The second kappa shape index (κ2) is 12.0. The standard InChI is InChI=1S/C28H26O8Se2/c1-31-21-11-15-7-9-19(29)23(13-17(15)25(33-3)27(21)35-5)37-38-24-14-18-16(8-10-20(24)30)12-22(32-2)28(36-6)26(18)34-4/h7-14H,1-6H3. The molecule has 10 heteroatoms. The molecule has 198 valence electrons. The number of rotatable bonds is 9. The molecule has 0 bridgehead atoms. The number of hydrogen-bond donors (Lipinski definition) is 0. The van der Waals surface area contributed by atoms with Gasteiger partial charge in [0.2, 0.25) is 0 Å². The van der Waals surface area contributed by atoms with Gasteiger partial charge in [-0.15, -0.1) is 0 Å². The van der Waals surface area contributed by atoms with E-state index in [9.17, 15) is 9.59 Å². The Hall–Kier alpha value is -3.42. The van der Waals surface area contributed by atoms with E-state index in [2.05, 4.69) is 0 Å². The van der Waals surface area contributed by atoms with Crippen LogP contribution in [0, 0.1) is 0 Å². The minimum atomic E-state index is -0.308. The fraction of sp³-hybridized carbons (Fsp3) is 0.214. The van der Waals surface area contributed by atoms with Crippen molar-refractivity contribution >= 4 is 56.7 Å². The van der Waals surface area contributed by atoms with Crippen LogP contribution < -0.4 is 48.2 Å². The maximum absolute atomic E-state index is 13.1. The van der Waals surface area contributed by atoms with Gasteiger partial charge in [0.05, 0.1) is 0 Å². The first kappa shape index (κ1) is 27.6. The van der Waals surface area contributed by atoms with Gasteiger partial charge in [-0.1, -0.05) is 0 Å². The van der Waals surface area contributed by atoms with Crippen LogP contribution in [0.1, 0.15) is 0 Å². The predicted molar refractivity (Wildman–Crippen MR) is 151 cm³/mol. The normalized spacial score (nSPS) is 10.8. The molecule has 4 aromatic rings. The molecule has 0 fully saturated rings. The van der Waals surface area contributed by atoms with Crippen LogP contribution in [0.2, 0.25) is 0 Å². The molecule has 0 atom stereocenters. The molecule has 8 nitrogen and oxygen atoms in total. The molecule has 0 unspecified atom stereocenters. The van der Waals surface area contributed by atoms with Crippen molar-refractivity contribution in [3.05, 3.63) is 69.0 Å². The summed E-state index contributed by atoms with van der Waals surface area (Å²) < 4.78 is 34.5. The second-order valence-electron chi connectivity index (χ2n) is 7.88. The van der Waals surface area contributed by atoms with Gasteiger partial charge < -0.3 is 0 Å². The molecule has 0 aliphatic carbocycles. The Balaban J connectivity index is 1.85. The molecule has 4 rings (SSSR count). The zero-order valence-electron chi connectivity index (χ0n) is 21.7. The van der Waals surface area contributed by atoms with E-state index in [-0.39, 0.29) is 37.1 Å². The van der Waals surface area contributed by atoms with Gasteiger partial charge in [-0.3, -0.25) is 0 Å². The third-order valence-electron chi connectivity index (χ3n) is 5.89. The van der Waals surface area contributed by atoms with Gasteiger partial charge >= 0.3 is 231 Å². The van der Waals surface area contributed by atoms with Crippen molar-refractivity contribution in [3.8, 4) is 34.5 Å². The molecule has 4 aromatic carbocycles. The Morgan fingerprint density at radius 1 is 0.474 bits per heavy atom. The Labute approximate surface area is 230 Å². The van der Waals surface area contributed by atoms with Gasteiger partial charge in [0.1, 0.15) is 0 Å². The average Bonchev–Trinajstić information content (AvgIpc) is 3.20. The number of hydrogen-bond acceptors (Lipinski definition) is 8. The van der Waals surface area contributed by atoms with Crippen molar-refractivity contribution in [1.82, 2.24) is 0 Å². The van der Waals surface area contributed by atoms with Crippen LogP contribution in [0.25, 0.3) is 21.5 Å². The molecule has 0 aliphatic rings. The summed E-state index contributed by atoms with van der Waals surface area (Å²) in [6, 6.07) is 13.9. The number of benzene rings is 2. The molecule has 0 heterocycles. The number of fused-ring (bicyclic) bond motifs is 2. The number of methoxy groups -OCH3 is 6. The summed E-state index contributed by atoms with van der Waals surface area (Å²) >= 11 is -0.615. The third-order valence-corrected chi connectivity index (χ3v) is 13.0. The first-order valence-electron chi connectivity index (χ1n) is 11.3. The van der Waals surface area contributed by atoms with Crippen LogP contribution in [-0.4, -0.2) is 68.9 Å². The van der Waals surface area contributed by atoms with Gasteiger partial charge in [-0.25, -0.2) is 0 Å². The van der Waals surface area contributed by atoms with Crippen molar-refractivity contribution in [3.63, 3.8) is 0 Å². The predicted octanol–water partition coefficient (Wildman–Crippen LogP) is 2.04. The van der Waals surface area contributed by atoms with Crippen LogP contribution in [0.5, 0.6) is 34.5 Å². The summed E-state index contributed by atoms with van der Waals surface area (Å²) in [5.74, 6) is 2.87. The minimum absolute atomic E-state index is 0.107. The topological polar surface area (TPSA) is 89.5 Å². The Morgan fingerprint density at radius 2 is 0.842 bits per heavy atom.